The fourth-order valence-corrected chi connectivity index (χ4v) is 2.00. The van der Waals surface area contributed by atoms with Crippen molar-refractivity contribution in [1.82, 2.24) is 4.98 Å². The summed E-state index contributed by atoms with van der Waals surface area (Å²) >= 11 is 5.73. The second kappa shape index (κ2) is 6.01. The van der Waals surface area contributed by atoms with Crippen molar-refractivity contribution in [3.63, 3.8) is 0 Å². The van der Waals surface area contributed by atoms with Crippen LogP contribution in [0.3, 0.4) is 0 Å². The molecule has 1 N–H and O–H groups in total. The Morgan fingerprint density at radius 1 is 1.35 bits per heavy atom. The lowest BCUT2D eigenvalue weighted by molar-refractivity contribution is -0.117. The minimum atomic E-state index is -0.495. The van der Waals surface area contributed by atoms with Crippen molar-refractivity contribution in [3.05, 3.63) is 58.6 Å². The first-order valence-corrected chi connectivity index (χ1v) is 6.52. The van der Waals surface area contributed by atoms with Crippen LogP contribution in [0.1, 0.15) is 24.0 Å². The van der Waals surface area contributed by atoms with Gasteiger partial charge in [0.15, 0.2) is 0 Å². The van der Waals surface area contributed by atoms with Gasteiger partial charge in [-0.05, 0) is 43.2 Å². The lowest BCUT2D eigenvalue weighted by Crippen LogP contribution is -2.19. The van der Waals surface area contributed by atoms with Crippen molar-refractivity contribution < 1.29 is 9.18 Å². The van der Waals surface area contributed by atoms with Crippen LogP contribution in [-0.4, -0.2) is 10.9 Å². The first-order valence-electron chi connectivity index (χ1n) is 6.15. The molecule has 0 aliphatic rings. The molecule has 3 nitrogen and oxygen atoms in total. The maximum absolute atomic E-state index is 13.1. The Kier molecular flexibility index (Phi) is 4.35. The zero-order valence-electron chi connectivity index (χ0n) is 11.2. The van der Waals surface area contributed by atoms with Crippen LogP contribution >= 0.6 is 11.6 Å². The number of carbonyl (C=O) groups excluding carboxylic acids is 1. The van der Waals surface area contributed by atoms with E-state index in [0.717, 1.165) is 5.56 Å². The van der Waals surface area contributed by atoms with E-state index in [0.29, 0.717) is 11.3 Å². The number of amides is 1. The Bertz CT molecular complexity index is 646. The summed E-state index contributed by atoms with van der Waals surface area (Å²) in [7, 11) is 0. The molecule has 0 aliphatic heterocycles. The minimum Gasteiger partial charge on any atom is -0.324 e. The van der Waals surface area contributed by atoms with Crippen molar-refractivity contribution in [2.75, 3.05) is 5.32 Å². The Balaban J connectivity index is 2.14. The molecule has 0 saturated heterocycles. The molecule has 1 aromatic carbocycles. The van der Waals surface area contributed by atoms with Crippen LogP contribution < -0.4 is 5.32 Å². The van der Waals surface area contributed by atoms with E-state index in [4.69, 9.17) is 11.6 Å². The zero-order chi connectivity index (χ0) is 14.7. The summed E-state index contributed by atoms with van der Waals surface area (Å²) < 4.78 is 13.1. The third-order valence-corrected chi connectivity index (χ3v) is 3.27. The molecule has 2 aromatic rings. The molecule has 0 saturated carbocycles. The molecule has 1 aromatic heterocycles. The molecular formula is C15H14ClFN2O. The monoisotopic (exact) mass is 292 g/mol. The van der Waals surface area contributed by atoms with Crippen LogP contribution in [0, 0.1) is 12.7 Å². The third-order valence-electron chi connectivity index (χ3n) is 2.98. The summed E-state index contributed by atoms with van der Waals surface area (Å²) in [5, 5.41) is 2.79. The summed E-state index contributed by atoms with van der Waals surface area (Å²) in [4.78, 5) is 16.2. The number of hydrogen-bond acceptors (Lipinski definition) is 2. The normalized spacial score (nSPS) is 12.0. The molecule has 1 atom stereocenters. The molecule has 0 aliphatic carbocycles. The van der Waals surface area contributed by atoms with Gasteiger partial charge in [0.05, 0.1) is 22.8 Å². The summed E-state index contributed by atoms with van der Waals surface area (Å²) in [5.41, 5.74) is 2.25. The number of hydrogen-bond donors (Lipinski definition) is 1. The standard InChI is InChI=1S/C15H14ClFN2O/c1-9-5-12(8-18-7-9)19-15(20)10(2)11-3-4-14(17)13(16)6-11/h3-8,10H,1-2H3,(H,19,20). The number of halogens is 2. The van der Waals surface area contributed by atoms with Crippen LogP contribution in [0.15, 0.2) is 36.7 Å². The molecular weight excluding hydrogens is 279 g/mol. The predicted molar refractivity (Wildman–Crippen MR) is 77.4 cm³/mol. The molecule has 1 heterocycles. The van der Waals surface area contributed by atoms with Gasteiger partial charge < -0.3 is 5.32 Å². The fourth-order valence-electron chi connectivity index (χ4n) is 1.81. The van der Waals surface area contributed by atoms with E-state index in [1.54, 1.807) is 25.4 Å². The second-order valence-corrected chi connectivity index (χ2v) is 5.04. The van der Waals surface area contributed by atoms with Gasteiger partial charge in [0.2, 0.25) is 5.91 Å². The summed E-state index contributed by atoms with van der Waals surface area (Å²) in [5.74, 6) is -1.13. The highest BCUT2D eigenvalue weighted by molar-refractivity contribution is 6.30. The van der Waals surface area contributed by atoms with E-state index in [2.05, 4.69) is 10.3 Å². The fraction of sp³-hybridized carbons (Fsp3) is 0.200. The quantitative estimate of drug-likeness (QED) is 0.931. The van der Waals surface area contributed by atoms with Crippen molar-refractivity contribution in [1.29, 1.82) is 0 Å². The molecule has 5 heteroatoms. The number of rotatable bonds is 3. The number of carbonyl (C=O) groups is 1. The van der Waals surface area contributed by atoms with Gasteiger partial charge in [-0.2, -0.15) is 0 Å². The largest absolute Gasteiger partial charge is 0.324 e. The maximum Gasteiger partial charge on any atom is 0.231 e. The van der Waals surface area contributed by atoms with Gasteiger partial charge in [-0.25, -0.2) is 4.39 Å². The van der Waals surface area contributed by atoms with Crippen LogP contribution in [0.4, 0.5) is 10.1 Å². The van der Waals surface area contributed by atoms with Gasteiger partial charge >= 0.3 is 0 Å². The van der Waals surface area contributed by atoms with Gasteiger partial charge in [0.25, 0.3) is 0 Å². The smallest absolute Gasteiger partial charge is 0.231 e. The molecule has 104 valence electrons. The highest BCUT2D eigenvalue weighted by atomic mass is 35.5. The van der Waals surface area contributed by atoms with E-state index < -0.39 is 11.7 Å². The Hall–Kier alpha value is -1.94. The second-order valence-electron chi connectivity index (χ2n) is 4.64. The average molecular weight is 293 g/mol. The van der Waals surface area contributed by atoms with Gasteiger partial charge in [-0.15, -0.1) is 0 Å². The summed E-state index contributed by atoms with van der Waals surface area (Å²) in [6.07, 6.45) is 3.29. The molecule has 0 spiro atoms. The summed E-state index contributed by atoms with van der Waals surface area (Å²) in [6.45, 7) is 3.63. The van der Waals surface area contributed by atoms with E-state index >= 15 is 0 Å². The van der Waals surface area contributed by atoms with Crippen LogP contribution in [0.5, 0.6) is 0 Å². The molecule has 20 heavy (non-hydrogen) atoms. The number of anilines is 1. The summed E-state index contributed by atoms with van der Waals surface area (Å²) in [6, 6.07) is 6.11. The number of aryl methyl sites for hydroxylation is 1. The van der Waals surface area contributed by atoms with Crippen LogP contribution in [-0.2, 0) is 4.79 Å². The molecule has 1 unspecified atom stereocenters. The van der Waals surface area contributed by atoms with E-state index in [-0.39, 0.29) is 10.9 Å². The minimum absolute atomic E-state index is 0.0133. The molecule has 0 fully saturated rings. The number of benzene rings is 1. The van der Waals surface area contributed by atoms with Gasteiger partial charge in [-0.1, -0.05) is 17.7 Å². The lowest BCUT2D eigenvalue weighted by atomic mass is 10.0. The highest BCUT2D eigenvalue weighted by Crippen LogP contribution is 2.23. The van der Waals surface area contributed by atoms with E-state index in [1.165, 1.54) is 12.1 Å². The third kappa shape index (κ3) is 3.33. The molecule has 1 amide bonds. The maximum atomic E-state index is 13.1. The molecule has 0 bridgehead atoms. The number of aromatic nitrogens is 1. The van der Waals surface area contributed by atoms with E-state index in [1.807, 2.05) is 13.0 Å². The zero-order valence-corrected chi connectivity index (χ0v) is 11.9. The number of nitrogens with zero attached hydrogens (tertiary/aromatic N) is 1. The predicted octanol–water partition coefficient (Wildman–Crippen LogP) is 3.92. The van der Waals surface area contributed by atoms with Crippen molar-refractivity contribution >= 4 is 23.2 Å². The Morgan fingerprint density at radius 2 is 2.10 bits per heavy atom. The van der Waals surface area contributed by atoms with Gasteiger partial charge in [0, 0.05) is 6.20 Å². The highest BCUT2D eigenvalue weighted by Gasteiger charge is 2.16. The first-order chi connectivity index (χ1) is 9.47. The van der Waals surface area contributed by atoms with E-state index in [9.17, 15) is 9.18 Å². The van der Waals surface area contributed by atoms with Gasteiger partial charge in [0.1, 0.15) is 5.82 Å². The number of pyridine rings is 1. The topological polar surface area (TPSA) is 42.0 Å². The Labute approximate surface area is 121 Å². The Morgan fingerprint density at radius 3 is 2.75 bits per heavy atom. The molecule has 2 rings (SSSR count). The number of nitrogens with one attached hydrogen (secondary N) is 1. The van der Waals surface area contributed by atoms with Crippen molar-refractivity contribution in [2.45, 2.75) is 19.8 Å². The molecule has 0 radical (unpaired) electrons. The van der Waals surface area contributed by atoms with Crippen LogP contribution in [0.2, 0.25) is 5.02 Å². The lowest BCUT2D eigenvalue weighted by Gasteiger charge is -2.13. The SMILES string of the molecule is Cc1cncc(NC(=O)C(C)c2ccc(F)c(Cl)c2)c1. The van der Waals surface area contributed by atoms with Crippen LogP contribution in [0.25, 0.3) is 0 Å². The first kappa shape index (κ1) is 14.5. The van der Waals surface area contributed by atoms with Crippen molar-refractivity contribution in [2.24, 2.45) is 0 Å². The van der Waals surface area contributed by atoms with Gasteiger partial charge in [-0.3, -0.25) is 9.78 Å². The van der Waals surface area contributed by atoms with Crippen molar-refractivity contribution in [3.8, 4) is 0 Å². The average Bonchev–Trinajstić information content (AvgIpc) is 2.41.